The number of nitrogens with two attached hydrogens (primary N) is 1. The fourth-order valence-electron chi connectivity index (χ4n) is 1.45. The van der Waals surface area contributed by atoms with Gasteiger partial charge in [0, 0.05) is 6.54 Å². The van der Waals surface area contributed by atoms with Crippen molar-refractivity contribution in [3.8, 4) is 11.5 Å². The monoisotopic (exact) mass is 299 g/mol. The van der Waals surface area contributed by atoms with Crippen molar-refractivity contribution >= 4 is 22.0 Å². The first-order valence-electron chi connectivity index (χ1n) is 5.50. The molecule has 1 rings (SSSR count). The average Bonchev–Trinajstić information content (AvgIpc) is 2.32. The molecule has 94 valence electrons. The number of benzene rings is 1. The van der Waals surface area contributed by atoms with E-state index < -0.39 is 0 Å². The fraction of sp³-hybridized carbons (Fsp3) is 0.385. The van der Waals surface area contributed by atoms with Crippen molar-refractivity contribution in [3.63, 3.8) is 0 Å². The summed E-state index contributed by atoms with van der Waals surface area (Å²) in [7, 11) is 1.63. The van der Waals surface area contributed by atoms with Crippen molar-refractivity contribution in [2.45, 2.75) is 13.8 Å². The maximum atomic E-state index is 5.57. The number of hydrogen-bond acceptors (Lipinski definition) is 3. The average molecular weight is 300 g/mol. The van der Waals surface area contributed by atoms with E-state index in [0.29, 0.717) is 13.2 Å². The highest BCUT2D eigenvalue weighted by Crippen LogP contribution is 2.37. The summed E-state index contributed by atoms with van der Waals surface area (Å²) in [5.41, 5.74) is 7.73. The largest absolute Gasteiger partial charge is 0.493 e. The Kier molecular flexibility index (Phi) is 5.51. The van der Waals surface area contributed by atoms with Crippen molar-refractivity contribution in [1.29, 1.82) is 0 Å². The topological polar surface area (TPSA) is 44.5 Å². The quantitative estimate of drug-likeness (QED) is 0.908. The Balaban J connectivity index is 3.17. The molecule has 0 saturated heterocycles. The second-order valence-corrected chi connectivity index (χ2v) is 4.52. The number of hydrogen-bond donors (Lipinski definition) is 1. The van der Waals surface area contributed by atoms with Gasteiger partial charge in [0.2, 0.25) is 0 Å². The second-order valence-electron chi connectivity index (χ2n) is 3.66. The van der Waals surface area contributed by atoms with Crippen LogP contribution in [0.2, 0.25) is 0 Å². The SMILES string of the molecule is CCOc1c(Br)cc(C=C(C)CN)cc1OC. The van der Waals surface area contributed by atoms with E-state index in [0.717, 1.165) is 27.1 Å². The van der Waals surface area contributed by atoms with E-state index >= 15 is 0 Å². The smallest absolute Gasteiger partial charge is 0.175 e. The molecule has 0 aliphatic heterocycles. The van der Waals surface area contributed by atoms with Gasteiger partial charge in [0.15, 0.2) is 11.5 Å². The van der Waals surface area contributed by atoms with Crippen LogP contribution in [0.3, 0.4) is 0 Å². The molecule has 2 N–H and O–H groups in total. The number of ether oxygens (including phenoxy) is 2. The summed E-state index contributed by atoms with van der Waals surface area (Å²) in [6, 6.07) is 3.93. The van der Waals surface area contributed by atoms with Crippen molar-refractivity contribution in [2.24, 2.45) is 5.73 Å². The normalized spacial score (nSPS) is 11.5. The zero-order chi connectivity index (χ0) is 12.8. The Labute approximate surface area is 111 Å². The van der Waals surface area contributed by atoms with Gasteiger partial charge < -0.3 is 15.2 Å². The van der Waals surface area contributed by atoms with Crippen molar-refractivity contribution in [2.75, 3.05) is 20.3 Å². The molecule has 17 heavy (non-hydrogen) atoms. The predicted molar refractivity (Wildman–Crippen MR) is 74.6 cm³/mol. The molecule has 1 aromatic rings. The molecule has 0 bridgehead atoms. The summed E-state index contributed by atoms with van der Waals surface area (Å²) in [4.78, 5) is 0. The minimum Gasteiger partial charge on any atom is -0.493 e. The molecule has 1 aromatic carbocycles. The van der Waals surface area contributed by atoms with E-state index in [9.17, 15) is 0 Å². The van der Waals surface area contributed by atoms with E-state index in [1.807, 2.05) is 32.1 Å². The van der Waals surface area contributed by atoms with Crippen molar-refractivity contribution in [3.05, 3.63) is 27.7 Å². The van der Waals surface area contributed by atoms with Gasteiger partial charge >= 0.3 is 0 Å². The highest BCUT2D eigenvalue weighted by molar-refractivity contribution is 9.10. The zero-order valence-electron chi connectivity index (χ0n) is 10.4. The Morgan fingerprint density at radius 3 is 2.71 bits per heavy atom. The minimum atomic E-state index is 0.549. The molecule has 0 amide bonds. The second kappa shape index (κ2) is 6.67. The highest BCUT2D eigenvalue weighted by Gasteiger charge is 2.10. The number of methoxy groups -OCH3 is 1. The van der Waals surface area contributed by atoms with Gasteiger partial charge in [-0.25, -0.2) is 0 Å². The summed E-state index contributed by atoms with van der Waals surface area (Å²) in [5, 5.41) is 0. The van der Waals surface area contributed by atoms with E-state index in [2.05, 4.69) is 15.9 Å². The first kappa shape index (κ1) is 14.1. The lowest BCUT2D eigenvalue weighted by Gasteiger charge is -2.12. The van der Waals surface area contributed by atoms with Crippen LogP contribution >= 0.6 is 15.9 Å². The minimum absolute atomic E-state index is 0.549. The summed E-state index contributed by atoms with van der Waals surface area (Å²) in [6.07, 6.45) is 2.03. The van der Waals surface area contributed by atoms with Crippen molar-refractivity contribution < 1.29 is 9.47 Å². The molecule has 0 spiro atoms. The third kappa shape index (κ3) is 3.75. The molecule has 0 radical (unpaired) electrons. The Hall–Kier alpha value is -1.00. The molecule has 4 heteroatoms. The van der Waals surface area contributed by atoms with E-state index in [1.54, 1.807) is 7.11 Å². The van der Waals surface area contributed by atoms with Gasteiger partial charge in [-0.15, -0.1) is 0 Å². The molecular formula is C13H18BrNO2. The van der Waals surface area contributed by atoms with E-state index in [1.165, 1.54) is 0 Å². The molecule has 3 nitrogen and oxygen atoms in total. The van der Waals surface area contributed by atoms with Crippen LogP contribution in [0.1, 0.15) is 19.4 Å². The first-order valence-corrected chi connectivity index (χ1v) is 6.29. The van der Waals surface area contributed by atoms with Crippen LogP contribution in [0.15, 0.2) is 22.2 Å². The molecule has 0 aliphatic carbocycles. The zero-order valence-corrected chi connectivity index (χ0v) is 12.0. The van der Waals surface area contributed by atoms with Crippen LogP contribution in [0.4, 0.5) is 0 Å². The van der Waals surface area contributed by atoms with Crippen LogP contribution in [0.25, 0.3) is 6.08 Å². The van der Waals surface area contributed by atoms with Crippen LogP contribution in [-0.4, -0.2) is 20.3 Å². The molecule has 0 saturated carbocycles. The lowest BCUT2D eigenvalue weighted by molar-refractivity contribution is 0.309. The first-order chi connectivity index (χ1) is 8.12. The Morgan fingerprint density at radius 2 is 2.18 bits per heavy atom. The standard InChI is InChI=1S/C13H18BrNO2/c1-4-17-13-11(14)6-10(5-9(2)8-15)7-12(13)16-3/h5-7H,4,8,15H2,1-3H3. The van der Waals surface area contributed by atoms with Gasteiger partial charge in [0.1, 0.15) is 0 Å². The summed E-state index contributed by atoms with van der Waals surface area (Å²) < 4.78 is 11.7. The fourth-order valence-corrected chi connectivity index (χ4v) is 2.03. The van der Waals surface area contributed by atoms with Crippen LogP contribution < -0.4 is 15.2 Å². The summed E-state index contributed by atoms with van der Waals surface area (Å²) >= 11 is 3.49. The summed E-state index contributed by atoms with van der Waals surface area (Å²) in [6.45, 7) is 5.09. The van der Waals surface area contributed by atoms with Gasteiger partial charge in [-0.3, -0.25) is 0 Å². The Bertz CT molecular complexity index is 416. The maximum Gasteiger partial charge on any atom is 0.175 e. The Morgan fingerprint density at radius 1 is 1.47 bits per heavy atom. The third-order valence-electron chi connectivity index (χ3n) is 2.28. The van der Waals surface area contributed by atoms with E-state index in [-0.39, 0.29) is 0 Å². The highest BCUT2D eigenvalue weighted by atomic mass is 79.9. The molecule has 0 fully saturated rings. The lowest BCUT2D eigenvalue weighted by atomic mass is 10.1. The molecular weight excluding hydrogens is 282 g/mol. The van der Waals surface area contributed by atoms with Gasteiger partial charge in [0.25, 0.3) is 0 Å². The molecule has 0 unspecified atom stereocenters. The predicted octanol–water partition coefficient (Wildman–Crippen LogP) is 3.22. The molecule has 0 heterocycles. The van der Waals surface area contributed by atoms with Crippen molar-refractivity contribution in [1.82, 2.24) is 0 Å². The lowest BCUT2D eigenvalue weighted by Crippen LogP contribution is -2.00. The van der Waals surface area contributed by atoms with Crippen LogP contribution in [-0.2, 0) is 0 Å². The van der Waals surface area contributed by atoms with Gasteiger partial charge in [0.05, 0.1) is 18.2 Å². The number of halogens is 1. The van der Waals surface area contributed by atoms with E-state index in [4.69, 9.17) is 15.2 Å². The van der Waals surface area contributed by atoms with Crippen LogP contribution in [0.5, 0.6) is 11.5 Å². The van der Waals surface area contributed by atoms with Gasteiger partial charge in [-0.2, -0.15) is 0 Å². The molecule has 0 aliphatic rings. The van der Waals surface area contributed by atoms with Gasteiger partial charge in [-0.1, -0.05) is 11.6 Å². The van der Waals surface area contributed by atoms with Gasteiger partial charge in [-0.05, 0) is 47.5 Å². The molecule has 0 atom stereocenters. The van der Waals surface area contributed by atoms with Crippen LogP contribution in [0, 0.1) is 0 Å². The summed E-state index contributed by atoms with van der Waals surface area (Å²) in [5.74, 6) is 1.45. The number of rotatable bonds is 5. The third-order valence-corrected chi connectivity index (χ3v) is 2.86. The molecule has 0 aromatic heterocycles. The maximum absolute atomic E-state index is 5.57.